The largest absolute Gasteiger partial charge is 0.478 e. The lowest BCUT2D eigenvalue weighted by Gasteiger charge is -2.16. The predicted molar refractivity (Wildman–Crippen MR) is 69.5 cm³/mol. The number of amides is 1. The van der Waals surface area contributed by atoms with Crippen LogP contribution in [-0.4, -0.2) is 36.2 Å². The topological polar surface area (TPSA) is 102 Å². The average molecular weight is 264 g/mol. The zero-order valence-electron chi connectivity index (χ0n) is 10.6. The van der Waals surface area contributed by atoms with Crippen LogP contribution in [0.15, 0.2) is 12.1 Å². The van der Waals surface area contributed by atoms with Crippen molar-refractivity contribution in [2.24, 2.45) is 5.73 Å². The first-order valence-corrected chi connectivity index (χ1v) is 6.01. The minimum atomic E-state index is -1.03. The van der Waals surface area contributed by atoms with Crippen molar-refractivity contribution in [3.05, 3.63) is 28.8 Å². The molecule has 0 saturated carbocycles. The smallest absolute Gasteiger partial charge is 0.336 e. The maximum absolute atomic E-state index is 11.4. The maximum Gasteiger partial charge on any atom is 0.336 e. The van der Waals surface area contributed by atoms with Gasteiger partial charge in [-0.15, -0.1) is 0 Å². The number of carbonyl (C=O) groups excluding carboxylic acids is 1. The normalized spacial score (nSPS) is 18.3. The van der Waals surface area contributed by atoms with E-state index in [1.54, 1.807) is 6.92 Å². The quantitative estimate of drug-likeness (QED) is 0.752. The molecule has 1 saturated heterocycles. The van der Waals surface area contributed by atoms with Crippen molar-refractivity contribution in [1.82, 2.24) is 0 Å². The van der Waals surface area contributed by atoms with E-state index in [4.69, 9.17) is 15.6 Å². The van der Waals surface area contributed by atoms with Crippen molar-refractivity contribution >= 4 is 17.6 Å². The van der Waals surface area contributed by atoms with E-state index in [1.807, 2.05) is 0 Å². The molecule has 102 valence electrons. The van der Waals surface area contributed by atoms with Gasteiger partial charge in [0.25, 0.3) is 5.91 Å². The Balaban J connectivity index is 2.39. The molecular formula is C13H16N2O4. The van der Waals surface area contributed by atoms with Crippen LogP contribution in [0.3, 0.4) is 0 Å². The maximum atomic E-state index is 11.4. The first-order chi connectivity index (χ1) is 8.99. The summed E-state index contributed by atoms with van der Waals surface area (Å²) in [4.78, 5) is 22.6. The van der Waals surface area contributed by atoms with Gasteiger partial charge in [-0.05, 0) is 31.0 Å². The van der Waals surface area contributed by atoms with Gasteiger partial charge in [0.15, 0.2) is 0 Å². The Kier molecular flexibility index (Phi) is 3.71. The summed E-state index contributed by atoms with van der Waals surface area (Å²) < 4.78 is 5.24. The number of nitrogens with one attached hydrogen (secondary N) is 1. The standard InChI is InChI=1S/C13H16N2O4/c1-7-4-10(12(14)16)11(5-9(7)13(17)18)15-8-2-3-19-6-8/h4-5,8,15H,2-3,6H2,1H3,(H2,14,16)(H,17,18)/t8-/m0/s1. The number of aryl methyl sites for hydroxylation is 1. The van der Waals surface area contributed by atoms with Gasteiger partial charge in [-0.2, -0.15) is 0 Å². The minimum Gasteiger partial charge on any atom is -0.478 e. The number of carboxylic acid groups (broad SMARTS) is 1. The van der Waals surface area contributed by atoms with Crippen LogP contribution >= 0.6 is 0 Å². The molecule has 0 aliphatic carbocycles. The predicted octanol–water partition coefficient (Wildman–Crippen LogP) is 0.993. The van der Waals surface area contributed by atoms with Crippen LogP contribution in [0.2, 0.25) is 0 Å². The third kappa shape index (κ3) is 2.85. The number of nitrogens with two attached hydrogens (primary N) is 1. The van der Waals surface area contributed by atoms with Gasteiger partial charge in [-0.25, -0.2) is 4.79 Å². The zero-order valence-corrected chi connectivity index (χ0v) is 10.6. The van der Waals surface area contributed by atoms with Gasteiger partial charge in [0.2, 0.25) is 0 Å². The summed E-state index contributed by atoms with van der Waals surface area (Å²) in [5.74, 6) is -1.61. The highest BCUT2D eigenvalue weighted by atomic mass is 16.5. The molecule has 1 aliphatic heterocycles. The molecule has 1 aromatic rings. The molecule has 1 aliphatic rings. The van der Waals surface area contributed by atoms with Crippen molar-refractivity contribution in [2.45, 2.75) is 19.4 Å². The molecule has 19 heavy (non-hydrogen) atoms. The minimum absolute atomic E-state index is 0.0717. The molecular weight excluding hydrogens is 248 g/mol. The number of benzene rings is 1. The van der Waals surface area contributed by atoms with E-state index in [-0.39, 0.29) is 11.6 Å². The molecule has 1 amide bonds. The van der Waals surface area contributed by atoms with Crippen LogP contribution in [0, 0.1) is 6.92 Å². The highest BCUT2D eigenvalue weighted by Crippen LogP contribution is 2.23. The number of aromatic carboxylic acids is 1. The third-order valence-corrected chi connectivity index (χ3v) is 3.15. The summed E-state index contributed by atoms with van der Waals surface area (Å²) >= 11 is 0. The first kappa shape index (κ1) is 13.4. The zero-order chi connectivity index (χ0) is 14.0. The lowest BCUT2D eigenvalue weighted by Crippen LogP contribution is -2.23. The van der Waals surface area contributed by atoms with Crippen molar-refractivity contribution in [1.29, 1.82) is 0 Å². The molecule has 0 bridgehead atoms. The van der Waals surface area contributed by atoms with Crippen LogP contribution in [0.25, 0.3) is 0 Å². The van der Waals surface area contributed by atoms with Gasteiger partial charge in [0, 0.05) is 12.3 Å². The van der Waals surface area contributed by atoms with Gasteiger partial charge < -0.3 is 20.9 Å². The molecule has 6 nitrogen and oxygen atoms in total. The van der Waals surface area contributed by atoms with Crippen LogP contribution in [0.5, 0.6) is 0 Å². The summed E-state index contributed by atoms with van der Waals surface area (Å²) in [5.41, 5.74) is 6.74. The second-order valence-electron chi connectivity index (χ2n) is 4.59. The van der Waals surface area contributed by atoms with Crippen molar-refractivity contribution < 1.29 is 19.4 Å². The Morgan fingerprint density at radius 1 is 1.42 bits per heavy atom. The number of rotatable bonds is 4. The number of hydrogen-bond acceptors (Lipinski definition) is 4. The van der Waals surface area contributed by atoms with Gasteiger partial charge in [0.05, 0.1) is 23.8 Å². The second kappa shape index (κ2) is 5.27. The van der Waals surface area contributed by atoms with E-state index in [1.165, 1.54) is 12.1 Å². The fourth-order valence-corrected chi connectivity index (χ4v) is 2.13. The number of anilines is 1. The van der Waals surface area contributed by atoms with Crippen molar-refractivity contribution in [3.63, 3.8) is 0 Å². The fourth-order valence-electron chi connectivity index (χ4n) is 2.13. The fraction of sp³-hybridized carbons (Fsp3) is 0.385. The van der Waals surface area contributed by atoms with E-state index in [0.29, 0.717) is 30.0 Å². The van der Waals surface area contributed by atoms with Gasteiger partial charge >= 0.3 is 5.97 Å². The highest BCUT2D eigenvalue weighted by Gasteiger charge is 2.20. The number of hydrogen-bond donors (Lipinski definition) is 3. The van der Waals surface area contributed by atoms with Crippen LogP contribution in [-0.2, 0) is 4.74 Å². The Labute approximate surface area is 110 Å². The lowest BCUT2D eigenvalue weighted by atomic mass is 10.0. The van der Waals surface area contributed by atoms with Crippen LogP contribution in [0.1, 0.15) is 32.7 Å². The molecule has 4 N–H and O–H groups in total. The Morgan fingerprint density at radius 2 is 2.16 bits per heavy atom. The molecule has 0 unspecified atom stereocenters. The number of primary amides is 1. The number of carbonyl (C=O) groups is 2. The summed E-state index contributed by atoms with van der Waals surface area (Å²) in [6, 6.07) is 3.03. The summed E-state index contributed by atoms with van der Waals surface area (Å²) in [5, 5.41) is 12.2. The SMILES string of the molecule is Cc1cc(C(N)=O)c(N[C@H]2CCOC2)cc1C(=O)O. The van der Waals surface area contributed by atoms with E-state index in [9.17, 15) is 9.59 Å². The van der Waals surface area contributed by atoms with Gasteiger partial charge in [0.1, 0.15) is 0 Å². The van der Waals surface area contributed by atoms with E-state index >= 15 is 0 Å². The van der Waals surface area contributed by atoms with E-state index in [0.717, 1.165) is 6.42 Å². The van der Waals surface area contributed by atoms with Crippen LogP contribution < -0.4 is 11.1 Å². The number of carboxylic acids is 1. The van der Waals surface area contributed by atoms with Crippen molar-refractivity contribution in [3.8, 4) is 0 Å². The molecule has 2 rings (SSSR count). The highest BCUT2D eigenvalue weighted by molar-refractivity contribution is 6.01. The van der Waals surface area contributed by atoms with Gasteiger partial charge in [-0.1, -0.05) is 0 Å². The molecule has 1 atom stereocenters. The Hall–Kier alpha value is -2.08. The monoisotopic (exact) mass is 264 g/mol. The summed E-state index contributed by atoms with van der Waals surface area (Å²) in [6.45, 7) is 2.83. The third-order valence-electron chi connectivity index (χ3n) is 3.15. The molecule has 0 spiro atoms. The first-order valence-electron chi connectivity index (χ1n) is 6.01. The molecule has 1 fully saturated rings. The van der Waals surface area contributed by atoms with E-state index < -0.39 is 11.9 Å². The molecule has 6 heteroatoms. The molecule has 1 heterocycles. The van der Waals surface area contributed by atoms with Gasteiger partial charge in [-0.3, -0.25) is 4.79 Å². The lowest BCUT2D eigenvalue weighted by molar-refractivity contribution is 0.0695. The molecule has 1 aromatic carbocycles. The molecule has 0 aromatic heterocycles. The number of ether oxygens (including phenoxy) is 1. The Morgan fingerprint density at radius 3 is 2.68 bits per heavy atom. The second-order valence-corrected chi connectivity index (χ2v) is 4.59. The molecule has 0 radical (unpaired) electrons. The average Bonchev–Trinajstić information content (AvgIpc) is 2.83. The van der Waals surface area contributed by atoms with Crippen molar-refractivity contribution in [2.75, 3.05) is 18.5 Å². The summed E-state index contributed by atoms with van der Waals surface area (Å²) in [7, 11) is 0. The Bertz CT molecular complexity index is 522. The van der Waals surface area contributed by atoms with Crippen LogP contribution in [0.4, 0.5) is 5.69 Å². The summed E-state index contributed by atoms with van der Waals surface area (Å²) in [6.07, 6.45) is 0.814. The van der Waals surface area contributed by atoms with E-state index in [2.05, 4.69) is 5.32 Å².